The van der Waals surface area contributed by atoms with Gasteiger partial charge in [0.15, 0.2) is 5.69 Å². The summed E-state index contributed by atoms with van der Waals surface area (Å²) in [5.41, 5.74) is 6.97. The Hall–Kier alpha value is -2.28. The maximum absolute atomic E-state index is 11.0. The zero-order valence-electron chi connectivity index (χ0n) is 9.65. The van der Waals surface area contributed by atoms with E-state index in [-0.39, 0.29) is 5.69 Å². The average molecular weight is 247 g/mol. The van der Waals surface area contributed by atoms with Crippen LogP contribution in [-0.2, 0) is 13.0 Å². The number of pyridine rings is 1. The van der Waals surface area contributed by atoms with Gasteiger partial charge in [0, 0.05) is 18.8 Å². The molecular formula is C11H13N5O2. The summed E-state index contributed by atoms with van der Waals surface area (Å²) in [5, 5.41) is 16.5. The van der Waals surface area contributed by atoms with E-state index >= 15 is 0 Å². The van der Waals surface area contributed by atoms with Crippen LogP contribution in [0.5, 0.6) is 0 Å². The molecule has 0 aliphatic carbocycles. The van der Waals surface area contributed by atoms with Gasteiger partial charge in [-0.15, -0.1) is 5.10 Å². The van der Waals surface area contributed by atoms with Gasteiger partial charge in [0.05, 0.1) is 12.2 Å². The molecule has 2 aromatic rings. The van der Waals surface area contributed by atoms with Crippen LogP contribution < -0.4 is 5.73 Å². The quantitative estimate of drug-likeness (QED) is 0.765. The number of hydrogen-bond donors (Lipinski definition) is 2. The average Bonchev–Trinajstić information content (AvgIpc) is 2.74. The minimum absolute atomic E-state index is 0.0329. The van der Waals surface area contributed by atoms with Crippen molar-refractivity contribution in [2.75, 3.05) is 6.54 Å². The van der Waals surface area contributed by atoms with Crippen LogP contribution in [0.4, 0.5) is 0 Å². The van der Waals surface area contributed by atoms with E-state index in [1.54, 1.807) is 17.1 Å². The normalized spacial score (nSPS) is 10.5. The zero-order chi connectivity index (χ0) is 13.0. The molecule has 0 bridgehead atoms. The summed E-state index contributed by atoms with van der Waals surface area (Å²) in [7, 11) is 0. The van der Waals surface area contributed by atoms with Crippen LogP contribution in [0, 0.1) is 0 Å². The molecule has 0 fully saturated rings. The van der Waals surface area contributed by atoms with Gasteiger partial charge in [-0.2, -0.15) is 0 Å². The van der Waals surface area contributed by atoms with E-state index in [4.69, 9.17) is 10.8 Å². The molecule has 2 rings (SSSR count). The molecule has 2 heterocycles. The Kier molecular flexibility index (Phi) is 3.63. The van der Waals surface area contributed by atoms with E-state index in [0.29, 0.717) is 25.2 Å². The summed E-state index contributed by atoms with van der Waals surface area (Å²) in [5.74, 6) is -1.08. The van der Waals surface area contributed by atoms with Crippen LogP contribution in [0.25, 0.3) is 0 Å². The van der Waals surface area contributed by atoms with Crippen LogP contribution in [0.1, 0.15) is 21.7 Å². The molecule has 0 radical (unpaired) electrons. The smallest absolute Gasteiger partial charge is 0.358 e. The Labute approximate surface area is 103 Å². The minimum atomic E-state index is -1.08. The van der Waals surface area contributed by atoms with Crippen molar-refractivity contribution >= 4 is 5.97 Å². The Balaban J connectivity index is 2.30. The summed E-state index contributed by atoms with van der Waals surface area (Å²) in [6.07, 6.45) is 3.78. The number of carboxylic acid groups (broad SMARTS) is 1. The van der Waals surface area contributed by atoms with Gasteiger partial charge in [0.2, 0.25) is 0 Å². The third-order valence-electron chi connectivity index (χ3n) is 2.50. The highest BCUT2D eigenvalue weighted by Gasteiger charge is 2.18. The van der Waals surface area contributed by atoms with Crippen molar-refractivity contribution in [2.24, 2.45) is 5.73 Å². The fraction of sp³-hybridized carbons (Fsp3) is 0.273. The predicted molar refractivity (Wildman–Crippen MR) is 63.1 cm³/mol. The molecule has 0 saturated heterocycles. The number of rotatable bonds is 5. The lowest BCUT2D eigenvalue weighted by atomic mass is 10.2. The highest BCUT2D eigenvalue weighted by molar-refractivity contribution is 5.86. The molecule has 18 heavy (non-hydrogen) atoms. The molecule has 0 aliphatic heterocycles. The van der Waals surface area contributed by atoms with Crippen molar-refractivity contribution in [3.05, 3.63) is 41.5 Å². The third-order valence-corrected chi connectivity index (χ3v) is 2.50. The molecule has 2 aromatic heterocycles. The Morgan fingerprint density at radius 3 is 2.72 bits per heavy atom. The zero-order valence-corrected chi connectivity index (χ0v) is 9.65. The Bertz CT molecular complexity index is 538. The van der Waals surface area contributed by atoms with E-state index in [0.717, 1.165) is 5.56 Å². The first kappa shape index (κ1) is 12.2. The van der Waals surface area contributed by atoms with Crippen LogP contribution in [0.2, 0.25) is 0 Å². The molecule has 0 saturated carbocycles. The fourth-order valence-corrected chi connectivity index (χ4v) is 1.67. The second-order valence-corrected chi connectivity index (χ2v) is 3.74. The van der Waals surface area contributed by atoms with E-state index in [9.17, 15) is 4.79 Å². The molecule has 7 nitrogen and oxygen atoms in total. The second-order valence-electron chi connectivity index (χ2n) is 3.74. The van der Waals surface area contributed by atoms with Crippen LogP contribution in [0.15, 0.2) is 24.5 Å². The highest BCUT2D eigenvalue weighted by atomic mass is 16.4. The fourth-order valence-electron chi connectivity index (χ4n) is 1.67. The largest absolute Gasteiger partial charge is 0.476 e. The number of hydrogen-bond acceptors (Lipinski definition) is 5. The minimum Gasteiger partial charge on any atom is -0.476 e. The van der Waals surface area contributed by atoms with E-state index in [2.05, 4.69) is 15.3 Å². The van der Waals surface area contributed by atoms with Crippen LogP contribution in [-0.4, -0.2) is 37.6 Å². The lowest BCUT2D eigenvalue weighted by Crippen LogP contribution is -2.14. The monoisotopic (exact) mass is 247 g/mol. The molecule has 94 valence electrons. The summed E-state index contributed by atoms with van der Waals surface area (Å²) in [6, 6.07) is 3.68. The standard InChI is InChI=1S/C11H13N5O2/c12-4-1-9-10(11(17)18)14-15-16(9)7-8-2-5-13-6-3-8/h2-3,5-6H,1,4,7,12H2,(H,17,18). The summed E-state index contributed by atoms with van der Waals surface area (Å²) < 4.78 is 1.56. The van der Waals surface area contributed by atoms with Crippen molar-refractivity contribution in [2.45, 2.75) is 13.0 Å². The molecule has 0 unspecified atom stereocenters. The third kappa shape index (κ3) is 2.51. The Morgan fingerprint density at radius 2 is 2.11 bits per heavy atom. The molecule has 0 aliphatic rings. The van der Waals surface area contributed by atoms with Gasteiger partial charge in [-0.25, -0.2) is 9.48 Å². The highest BCUT2D eigenvalue weighted by Crippen LogP contribution is 2.09. The van der Waals surface area contributed by atoms with E-state index in [1.165, 1.54) is 0 Å². The van der Waals surface area contributed by atoms with Gasteiger partial charge in [0.25, 0.3) is 0 Å². The summed E-state index contributed by atoms with van der Waals surface area (Å²) >= 11 is 0. The molecule has 0 spiro atoms. The van der Waals surface area contributed by atoms with E-state index in [1.807, 2.05) is 12.1 Å². The van der Waals surface area contributed by atoms with E-state index < -0.39 is 5.97 Å². The molecule has 0 atom stereocenters. The first-order valence-electron chi connectivity index (χ1n) is 5.47. The van der Waals surface area contributed by atoms with Crippen molar-refractivity contribution in [3.63, 3.8) is 0 Å². The number of aromatic nitrogens is 4. The summed E-state index contributed by atoms with van der Waals surface area (Å²) in [4.78, 5) is 14.9. The molecule has 7 heteroatoms. The summed E-state index contributed by atoms with van der Waals surface area (Å²) in [6.45, 7) is 0.808. The topological polar surface area (TPSA) is 107 Å². The molecule has 0 aromatic carbocycles. The lowest BCUT2D eigenvalue weighted by molar-refractivity contribution is 0.0689. The number of nitrogens with zero attached hydrogens (tertiary/aromatic N) is 4. The first-order chi connectivity index (χ1) is 8.72. The van der Waals surface area contributed by atoms with Gasteiger partial charge < -0.3 is 10.8 Å². The first-order valence-corrected chi connectivity index (χ1v) is 5.47. The van der Waals surface area contributed by atoms with Gasteiger partial charge >= 0.3 is 5.97 Å². The maximum Gasteiger partial charge on any atom is 0.358 e. The van der Waals surface area contributed by atoms with Crippen LogP contribution >= 0.6 is 0 Å². The molecule has 3 N–H and O–H groups in total. The molecular weight excluding hydrogens is 234 g/mol. The van der Waals surface area contributed by atoms with Crippen molar-refractivity contribution in [3.8, 4) is 0 Å². The predicted octanol–water partition coefficient (Wildman–Crippen LogP) is -0.0792. The van der Waals surface area contributed by atoms with Crippen LogP contribution in [0.3, 0.4) is 0 Å². The number of carbonyl (C=O) groups is 1. The van der Waals surface area contributed by atoms with Crippen molar-refractivity contribution < 1.29 is 9.90 Å². The Morgan fingerprint density at radius 1 is 1.39 bits per heavy atom. The van der Waals surface area contributed by atoms with Crippen molar-refractivity contribution in [1.82, 2.24) is 20.0 Å². The maximum atomic E-state index is 11.0. The number of carboxylic acids is 1. The van der Waals surface area contributed by atoms with Gasteiger partial charge in [0.1, 0.15) is 0 Å². The van der Waals surface area contributed by atoms with Gasteiger partial charge in [-0.3, -0.25) is 4.98 Å². The number of aromatic carboxylic acids is 1. The van der Waals surface area contributed by atoms with Gasteiger partial charge in [-0.05, 0) is 24.2 Å². The molecule has 0 amide bonds. The lowest BCUT2D eigenvalue weighted by Gasteiger charge is -2.05. The second kappa shape index (κ2) is 5.37. The van der Waals surface area contributed by atoms with Crippen molar-refractivity contribution in [1.29, 1.82) is 0 Å². The van der Waals surface area contributed by atoms with Gasteiger partial charge in [-0.1, -0.05) is 5.21 Å². The number of nitrogens with two attached hydrogens (primary N) is 1. The SMILES string of the molecule is NCCc1c(C(=O)O)nnn1Cc1ccncc1.